The molecular formula is C15H17NO5. The van der Waals surface area contributed by atoms with Gasteiger partial charge in [-0.05, 0) is 12.5 Å². The third-order valence-corrected chi connectivity index (χ3v) is 3.95. The number of nitrogens with zero attached hydrogens (tertiary/aromatic N) is 1. The zero-order chi connectivity index (χ0) is 14.8. The maximum absolute atomic E-state index is 12.8. The molecule has 2 aliphatic rings. The summed E-state index contributed by atoms with van der Waals surface area (Å²) in [5.41, 5.74) is 0.837. The van der Waals surface area contributed by atoms with Crippen LogP contribution in [-0.2, 0) is 14.3 Å². The Morgan fingerprint density at radius 3 is 2.86 bits per heavy atom. The molecule has 0 aromatic heterocycles. The average Bonchev–Trinajstić information content (AvgIpc) is 2.53. The summed E-state index contributed by atoms with van der Waals surface area (Å²) in [5.74, 6) is -0.804. The fraction of sp³-hybridized carbons (Fsp3) is 0.467. The third kappa shape index (κ3) is 2.58. The molecule has 0 saturated carbocycles. The fourth-order valence-electron chi connectivity index (χ4n) is 2.87. The zero-order valence-corrected chi connectivity index (χ0v) is 11.5. The van der Waals surface area contributed by atoms with Crippen molar-refractivity contribution < 1.29 is 24.2 Å². The number of rotatable bonds is 2. The standard InChI is InChI=1S/C15H17NO5/c17-14(16-6-8-20-9-12(16)15(18)19)11-5-7-21-13-4-2-1-3-10(11)13/h1-4,11-12H,5-9H2,(H,18,19)/t11-,12+/m1/s1. The van der Waals surface area contributed by atoms with E-state index in [1.54, 1.807) is 0 Å². The van der Waals surface area contributed by atoms with Gasteiger partial charge in [0.1, 0.15) is 5.75 Å². The summed E-state index contributed by atoms with van der Waals surface area (Å²) < 4.78 is 10.7. The van der Waals surface area contributed by atoms with E-state index in [2.05, 4.69) is 0 Å². The Labute approximate surface area is 122 Å². The molecule has 6 nitrogen and oxygen atoms in total. The molecule has 2 atom stereocenters. The molecule has 1 N–H and O–H groups in total. The number of para-hydroxylation sites is 1. The number of morpholine rings is 1. The van der Waals surface area contributed by atoms with Crippen molar-refractivity contribution in [3.8, 4) is 5.75 Å². The van der Waals surface area contributed by atoms with E-state index in [1.165, 1.54) is 4.90 Å². The predicted molar refractivity (Wildman–Crippen MR) is 73.3 cm³/mol. The number of benzene rings is 1. The van der Waals surface area contributed by atoms with Crippen molar-refractivity contribution in [1.29, 1.82) is 0 Å². The second-order valence-electron chi connectivity index (χ2n) is 5.19. The van der Waals surface area contributed by atoms with Crippen molar-refractivity contribution in [2.45, 2.75) is 18.4 Å². The van der Waals surface area contributed by atoms with E-state index in [9.17, 15) is 14.7 Å². The number of aliphatic carboxylic acids is 1. The number of carbonyl (C=O) groups excluding carboxylic acids is 1. The number of hydrogen-bond acceptors (Lipinski definition) is 4. The Morgan fingerprint density at radius 2 is 2.05 bits per heavy atom. The van der Waals surface area contributed by atoms with Gasteiger partial charge in [0.15, 0.2) is 6.04 Å². The first-order valence-corrected chi connectivity index (χ1v) is 7.01. The number of carbonyl (C=O) groups is 2. The molecule has 1 fully saturated rings. The van der Waals surface area contributed by atoms with Crippen molar-refractivity contribution in [3.05, 3.63) is 29.8 Å². The lowest BCUT2D eigenvalue weighted by atomic mass is 9.91. The zero-order valence-electron chi connectivity index (χ0n) is 11.5. The second kappa shape index (κ2) is 5.73. The Kier molecular flexibility index (Phi) is 3.79. The van der Waals surface area contributed by atoms with E-state index >= 15 is 0 Å². The molecule has 112 valence electrons. The van der Waals surface area contributed by atoms with Gasteiger partial charge in [-0.3, -0.25) is 4.79 Å². The maximum Gasteiger partial charge on any atom is 0.328 e. The number of carboxylic acid groups (broad SMARTS) is 1. The van der Waals surface area contributed by atoms with Crippen LogP contribution in [0.25, 0.3) is 0 Å². The van der Waals surface area contributed by atoms with Crippen molar-refractivity contribution >= 4 is 11.9 Å². The predicted octanol–water partition coefficient (Wildman–Crippen LogP) is 0.865. The molecule has 0 bridgehead atoms. The van der Waals surface area contributed by atoms with E-state index in [0.717, 1.165) is 5.56 Å². The first kappa shape index (κ1) is 13.9. The lowest BCUT2D eigenvalue weighted by molar-refractivity contribution is -0.159. The van der Waals surface area contributed by atoms with E-state index in [1.807, 2.05) is 24.3 Å². The molecule has 0 unspecified atom stereocenters. The molecule has 0 radical (unpaired) electrons. The van der Waals surface area contributed by atoms with Crippen molar-refractivity contribution in [2.75, 3.05) is 26.4 Å². The van der Waals surface area contributed by atoms with Gasteiger partial charge in [-0.1, -0.05) is 18.2 Å². The summed E-state index contributed by atoms with van der Waals surface area (Å²) in [6.07, 6.45) is 0.569. The molecule has 1 saturated heterocycles. The van der Waals surface area contributed by atoms with Crippen LogP contribution in [0, 0.1) is 0 Å². The van der Waals surface area contributed by atoms with Crippen LogP contribution in [0.3, 0.4) is 0 Å². The van der Waals surface area contributed by atoms with Gasteiger partial charge in [0.2, 0.25) is 5.91 Å². The minimum absolute atomic E-state index is 0.0476. The van der Waals surface area contributed by atoms with Crippen LogP contribution in [-0.4, -0.2) is 54.3 Å². The summed E-state index contributed by atoms with van der Waals surface area (Å²) in [4.78, 5) is 25.5. The minimum Gasteiger partial charge on any atom is -0.493 e. The van der Waals surface area contributed by atoms with E-state index < -0.39 is 12.0 Å². The summed E-state index contributed by atoms with van der Waals surface area (Å²) in [5, 5.41) is 9.25. The molecular weight excluding hydrogens is 274 g/mol. The monoisotopic (exact) mass is 291 g/mol. The van der Waals surface area contributed by atoms with Crippen molar-refractivity contribution in [2.24, 2.45) is 0 Å². The molecule has 1 amide bonds. The molecule has 3 rings (SSSR count). The third-order valence-electron chi connectivity index (χ3n) is 3.95. The Hall–Kier alpha value is -2.08. The molecule has 2 aliphatic heterocycles. The molecule has 0 spiro atoms. The van der Waals surface area contributed by atoms with E-state index in [0.29, 0.717) is 31.9 Å². The lowest BCUT2D eigenvalue weighted by Gasteiger charge is -2.36. The smallest absolute Gasteiger partial charge is 0.328 e. The van der Waals surface area contributed by atoms with Gasteiger partial charge < -0.3 is 19.5 Å². The van der Waals surface area contributed by atoms with E-state index in [-0.39, 0.29) is 18.4 Å². The summed E-state index contributed by atoms with van der Waals surface area (Å²) in [7, 11) is 0. The highest BCUT2D eigenvalue weighted by Gasteiger charge is 2.38. The van der Waals surface area contributed by atoms with Gasteiger partial charge in [0, 0.05) is 12.1 Å². The first-order valence-electron chi connectivity index (χ1n) is 7.01. The molecule has 21 heavy (non-hydrogen) atoms. The van der Waals surface area contributed by atoms with E-state index in [4.69, 9.17) is 9.47 Å². The SMILES string of the molecule is O=C(O)[C@@H]1COCCN1C(=O)[C@@H]1CCOc2ccccc21. The minimum atomic E-state index is -1.02. The van der Waals surface area contributed by atoms with Crippen molar-refractivity contribution in [1.82, 2.24) is 4.90 Å². The van der Waals surface area contributed by atoms with Gasteiger partial charge in [-0.15, -0.1) is 0 Å². The van der Waals surface area contributed by atoms with Crippen LogP contribution in [0.5, 0.6) is 5.75 Å². The first-order chi connectivity index (χ1) is 10.2. The quantitative estimate of drug-likeness (QED) is 0.875. The lowest BCUT2D eigenvalue weighted by Crippen LogP contribution is -2.54. The summed E-state index contributed by atoms with van der Waals surface area (Å²) in [6.45, 7) is 1.21. The van der Waals surface area contributed by atoms with Gasteiger partial charge in [0.25, 0.3) is 0 Å². The van der Waals surface area contributed by atoms with Crippen LogP contribution >= 0.6 is 0 Å². The van der Waals surface area contributed by atoms with Gasteiger partial charge in [0.05, 0.1) is 25.7 Å². The van der Waals surface area contributed by atoms with Crippen LogP contribution in [0.2, 0.25) is 0 Å². The molecule has 6 heteroatoms. The van der Waals surface area contributed by atoms with Gasteiger partial charge >= 0.3 is 5.97 Å². The number of fused-ring (bicyclic) bond motifs is 1. The molecule has 0 aliphatic carbocycles. The number of amides is 1. The highest BCUT2D eigenvalue weighted by atomic mass is 16.5. The fourth-order valence-corrected chi connectivity index (χ4v) is 2.87. The Morgan fingerprint density at radius 1 is 1.24 bits per heavy atom. The Balaban J connectivity index is 1.86. The summed E-state index contributed by atoms with van der Waals surface area (Å²) in [6, 6.07) is 6.53. The number of hydrogen-bond donors (Lipinski definition) is 1. The highest BCUT2D eigenvalue weighted by molar-refractivity contribution is 5.89. The van der Waals surface area contributed by atoms with Crippen LogP contribution < -0.4 is 4.74 Å². The maximum atomic E-state index is 12.8. The molecule has 1 aromatic carbocycles. The van der Waals surface area contributed by atoms with Crippen molar-refractivity contribution in [3.63, 3.8) is 0 Å². The number of ether oxygens (including phenoxy) is 2. The normalized spacial score (nSPS) is 24.9. The highest BCUT2D eigenvalue weighted by Crippen LogP contribution is 2.35. The van der Waals surface area contributed by atoms with Crippen LogP contribution in [0.1, 0.15) is 17.9 Å². The summed E-state index contributed by atoms with van der Waals surface area (Å²) >= 11 is 0. The number of carboxylic acids is 1. The largest absolute Gasteiger partial charge is 0.493 e. The average molecular weight is 291 g/mol. The van der Waals surface area contributed by atoms with Crippen LogP contribution in [0.15, 0.2) is 24.3 Å². The van der Waals surface area contributed by atoms with Crippen LogP contribution in [0.4, 0.5) is 0 Å². The van der Waals surface area contributed by atoms with Gasteiger partial charge in [-0.25, -0.2) is 4.79 Å². The Bertz CT molecular complexity index is 559. The second-order valence-corrected chi connectivity index (χ2v) is 5.19. The topological polar surface area (TPSA) is 76.1 Å². The molecule has 1 aromatic rings. The molecule has 2 heterocycles. The van der Waals surface area contributed by atoms with Gasteiger partial charge in [-0.2, -0.15) is 0 Å².